The van der Waals surface area contributed by atoms with Gasteiger partial charge in [0.05, 0.1) is 12.8 Å². The molecule has 1 fully saturated rings. The first-order valence-electron chi connectivity index (χ1n) is 10.2. The van der Waals surface area contributed by atoms with E-state index in [9.17, 15) is 9.59 Å². The molecule has 31 heavy (non-hydrogen) atoms. The number of aryl methyl sites for hydroxylation is 1. The van der Waals surface area contributed by atoms with Crippen LogP contribution >= 0.6 is 0 Å². The molecule has 0 aliphatic carbocycles. The molecule has 2 aliphatic heterocycles. The van der Waals surface area contributed by atoms with E-state index < -0.39 is 6.04 Å². The molecular weight excluding hydrogens is 394 g/mol. The first kappa shape index (κ1) is 19.3. The van der Waals surface area contributed by atoms with Gasteiger partial charge >= 0.3 is 12.0 Å². The Kier molecular flexibility index (Phi) is 4.32. The van der Waals surface area contributed by atoms with Crippen LogP contribution < -0.4 is 4.57 Å². The fraction of sp³-hybridized carbons (Fsp3) is 0.304. The van der Waals surface area contributed by atoms with Crippen LogP contribution in [-0.2, 0) is 17.9 Å². The van der Waals surface area contributed by atoms with Crippen LogP contribution in [0.1, 0.15) is 34.3 Å². The Hall–Kier alpha value is -3.68. The number of amidine groups is 1. The van der Waals surface area contributed by atoms with Crippen LogP contribution in [0.25, 0.3) is 0 Å². The Morgan fingerprint density at radius 3 is 2.52 bits per heavy atom. The first-order valence-corrected chi connectivity index (χ1v) is 10.2. The van der Waals surface area contributed by atoms with Gasteiger partial charge in [-0.1, -0.05) is 34.8 Å². The summed E-state index contributed by atoms with van der Waals surface area (Å²) in [6, 6.07) is 10.6. The van der Waals surface area contributed by atoms with Gasteiger partial charge in [0.15, 0.2) is 0 Å². The Labute approximate surface area is 180 Å². The molecule has 5 rings (SSSR count). The summed E-state index contributed by atoms with van der Waals surface area (Å²) in [7, 11) is 1.67. The second-order valence-electron chi connectivity index (χ2n) is 8.13. The van der Waals surface area contributed by atoms with Crippen molar-refractivity contribution in [3.63, 3.8) is 0 Å². The van der Waals surface area contributed by atoms with Crippen molar-refractivity contribution in [3.8, 4) is 0 Å². The number of hydrogen-bond donors (Lipinski definition) is 0. The van der Waals surface area contributed by atoms with Crippen LogP contribution in [-0.4, -0.2) is 39.2 Å². The van der Waals surface area contributed by atoms with Crippen molar-refractivity contribution in [3.05, 3.63) is 70.9 Å². The van der Waals surface area contributed by atoms with Crippen molar-refractivity contribution in [2.75, 3.05) is 7.05 Å². The highest BCUT2D eigenvalue weighted by Crippen LogP contribution is 2.35. The maximum atomic E-state index is 13.5. The van der Waals surface area contributed by atoms with E-state index in [-0.39, 0.29) is 18.5 Å². The van der Waals surface area contributed by atoms with Gasteiger partial charge in [-0.15, -0.1) is 0 Å². The molecule has 0 spiro atoms. The van der Waals surface area contributed by atoms with Crippen LogP contribution in [0.3, 0.4) is 0 Å². The second-order valence-corrected chi connectivity index (χ2v) is 8.13. The molecule has 0 saturated carbocycles. The molecule has 0 bridgehead atoms. The Morgan fingerprint density at radius 2 is 1.84 bits per heavy atom. The molecule has 3 aromatic rings. The molecule has 1 saturated heterocycles. The molecule has 1 atom stereocenters. The number of imidazole rings is 1. The van der Waals surface area contributed by atoms with Crippen molar-refractivity contribution in [2.45, 2.75) is 39.9 Å². The molecule has 158 valence electrons. The summed E-state index contributed by atoms with van der Waals surface area (Å²) >= 11 is 0. The number of benzene rings is 1. The van der Waals surface area contributed by atoms with Crippen LogP contribution in [0.2, 0.25) is 0 Å². The summed E-state index contributed by atoms with van der Waals surface area (Å²) in [6.45, 7) is 6.72. The monoisotopic (exact) mass is 418 g/mol. The molecule has 2 aromatic heterocycles. The third kappa shape index (κ3) is 2.90. The molecule has 3 amide bonds. The van der Waals surface area contributed by atoms with Crippen molar-refractivity contribution in [1.82, 2.24) is 14.4 Å². The van der Waals surface area contributed by atoms with Crippen LogP contribution in [0.15, 0.2) is 52.1 Å². The summed E-state index contributed by atoms with van der Waals surface area (Å²) in [5, 5.41) is 0. The third-order valence-corrected chi connectivity index (χ3v) is 6.18. The molecule has 8 nitrogen and oxygen atoms in total. The van der Waals surface area contributed by atoms with Crippen molar-refractivity contribution >= 4 is 23.7 Å². The van der Waals surface area contributed by atoms with E-state index in [2.05, 4.69) is 0 Å². The van der Waals surface area contributed by atoms with E-state index in [1.54, 1.807) is 13.3 Å². The number of fused-ring (bicyclic) bond motifs is 3. The van der Waals surface area contributed by atoms with E-state index in [4.69, 9.17) is 9.41 Å². The van der Waals surface area contributed by atoms with Gasteiger partial charge in [-0.3, -0.25) is 14.6 Å². The van der Waals surface area contributed by atoms with Crippen LogP contribution in [0.5, 0.6) is 0 Å². The van der Waals surface area contributed by atoms with Crippen molar-refractivity contribution < 1.29 is 18.6 Å². The highest BCUT2D eigenvalue weighted by Gasteiger charge is 2.54. The molecule has 4 heterocycles. The quantitative estimate of drug-likeness (QED) is 0.612. The lowest BCUT2D eigenvalue weighted by Gasteiger charge is -2.33. The number of hydrogen-bond acceptors (Lipinski definition) is 4. The van der Waals surface area contributed by atoms with Gasteiger partial charge < -0.3 is 4.42 Å². The zero-order valence-electron chi connectivity index (χ0n) is 18.0. The maximum Gasteiger partial charge on any atom is 0.402 e. The summed E-state index contributed by atoms with van der Waals surface area (Å²) in [5.41, 5.74) is 3.99. The van der Waals surface area contributed by atoms with Crippen molar-refractivity contribution in [1.29, 1.82) is 0 Å². The minimum atomic E-state index is -0.653. The van der Waals surface area contributed by atoms with E-state index in [0.717, 1.165) is 28.3 Å². The predicted octanol–water partition coefficient (Wildman–Crippen LogP) is 3.02. The largest absolute Gasteiger partial charge is 0.466 e. The van der Waals surface area contributed by atoms with E-state index in [0.29, 0.717) is 18.3 Å². The number of aliphatic imine (C=N–C) groups is 1. The van der Waals surface area contributed by atoms with Crippen molar-refractivity contribution in [2.24, 2.45) is 4.99 Å². The number of imide groups is 1. The Morgan fingerprint density at radius 1 is 1.10 bits per heavy atom. The number of furan rings is 1. The molecule has 0 radical (unpaired) electrons. The van der Waals surface area contributed by atoms with E-state index >= 15 is 0 Å². The summed E-state index contributed by atoms with van der Waals surface area (Å²) < 4.78 is 9.47. The lowest BCUT2D eigenvalue weighted by molar-refractivity contribution is -0.682. The average Bonchev–Trinajstić information content (AvgIpc) is 3.46. The Balaban J connectivity index is 1.54. The highest BCUT2D eigenvalue weighted by molar-refractivity contribution is 6.20. The SMILES string of the molecule is Cc1ccc(CN2C(=O)C3C(=Nc4n3c(C)c(C)[n+]4Cc3ccco3)N(C)C2=O)cc1. The van der Waals surface area contributed by atoms with E-state index in [1.165, 1.54) is 9.80 Å². The van der Waals surface area contributed by atoms with Crippen LogP contribution in [0, 0.1) is 20.8 Å². The van der Waals surface area contributed by atoms with Gasteiger partial charge in [-0.05, 0) is 38.5 Å². The number of aromatic nitrogens is 2. The number of likely N-dealkylation sites (N-methyl/N-ethyl adjacent to an activating group) is 1. The zero-order chi connectivity index (χ0) is 21.9. The van der Waals surface area contributed by atoms with Crippen LogP contribution in [0.4, 0.5) is 10.7 Å². The molecule has 0 N–H and O–H groups in total. The van der Waals surface area contributed by atoms with Gasteiger partial charge in [0.2, 0.25) is 11.9 Å². The number of amides is 3. The van der Waals surface area contributed by atoms with Gasteiger partial charge in [0, 0.05) is 7.05 Å². The van der Waals surface area contributed by atoms with E-state index in [1.807, 2.05) is 66.3 Å². The summed E-state index contributed by atoms with van der Waals surface area (Å²) in [4.78, 5) is 34.1. The second kappa shape index (κ2) is 6.94. The zero-order valence-corrected chi connectivity index (χ0v) is 18.0. The van der Waals surface area contributed by atoms with Gasteiger partial charge in [0.25, 0.3) is 5.91 Å². The molecular formula is C23H24N5O3+. The third-order valence-electron chi connectivity index (χ3n) is 6.18. The molecule has 2 aliphatic rings. The van der Waals surface area contributed by atoms with Gasteiger partial charge in [-0.25, -0.2) is 13.9 Å². The maximum absolute atomic E-state index is 13.5. The number of nitrogens with zero attached hydrogens (tertiary/aromatic N) is 5. The van der Waals surface area contributed by atoms with Gasteiger partial charge in [-0.2, -0.15) is 0 Å². The Bertz CT molecular complexity index is 1220. The van der Waals surface area contributed by atoms with Gasteiger partial charge in [0.1, 0.15) is 23.7 Å². The fourth-order valence-electron chi connectivity index (χ4n) is 4.27. The minimum absolute atomic E-state index is 0.229. The number of carbonyl (C=O) groups excluding carboxylic acids is 2. The highest BCUT2D eigenvalue weighted by atomic mass is 16.3. The summed E-state index contributed by atoms with van der Waals surface area (Å²) in [5.74, 6) is 1.65. The minimum Gasteiger partial charge on any atom is -0.466 e. The number of carbonyl (C=O) groups is 2. The topological polar surface area (TPSA) is 74.9 Å². The smallest absolute Gasteiger partial charge is 0.402 e. The predicted molar refractivity (Wildman–Crippen MR) is 113 cm³/mol. The lowest BCUT2D eigenvalue weighted by Crippen LogP contribution is -2.57. The first-order chi connectivity index (χ1) is 14.9. The lowest BCUT2D eigenvalue weighted by atomic mass is 10.1. The standard InChI is InChI=1S/C23H24N5O3/c1-14-7-9-17(10-8-14)12-27-21(29)19-20(25(4)23(27)30)24-22-26(13-18-6-5-11-31-18)15(2)16(3)28(19)22/h5-11,19H,12-13H2,1-4H3/q+1. The normalized spacial score (nSPS) is 17.8. The summed E-state index contributed by atoms with van der Waals surface area (Å²) in [6.07, 6.45) is 1.64. The average molecular weight is 418 g/mol. The number of urea groups is 1. The number of rotatable bonds is 4. The molecule has 1 aromatic carbocycles. The molecule has 8 heteroatoms. The fourth-order valence-corrected chi connectivity index (χ4v) is 4.27. The molecule has 1 unspecified atom stereocenters.